The van der Waals surface area contributed by atoms with E-state index in [0.717, 1.165) is 5.69 Å². The van der Waals surface area contributed by atoms with Gasteiger partial charge in [-0.05, 0) is 6.92 Å². The van der Waals surface area contributed by atoms with Crippen LogP contribution in [0.4, 0.5) is 0 Å². The van der Waals surface area contributed by atoms with Crippen molar-refractivity contribution < 1.29 is 4.42 Å². The summed E-state index contributed by atoms with van der Waals surface area (Å²) < 4.78 is 5.30. The zero-order valence-electron chi connectivity index (χ0n) is 8.66. The Labute approximate surface area is 96.5 Å². The number of pyridine rings is 1. The standard InChI is InChI=1S/C10H10ClN3O2/c1-6-4-8(15)7(5-12-6)10-14-13-9(16-10)2-3-11/h4-5H,2-3H2,1H3,(H,12,15). The number of hydrogen-bond donors (Lipinski definition) is 1. The van der Waals surface area contributed by atoms with Crippen molar-refractivity contribution in [1.82, 2.24) is 15.2 Å². The first-order valence-electron chi connectivity index (χ1n) is 4.79. The van der Waals surface area contributed by atoms with Crippen LogP contribution in [0.15, 0.2) is 21.5 Å². The van der Waals surface area contributed by atoms with Gasteiger partial charge in [0.15, 0.2) is 5.43 Å². The van der Waals surface area contributed by atoms with Crippen molar-refractivity contribution in [3.05, 3.63) is 34.1 Å². The van der Waals surface area contributed by atoms with Gasteiger partial charge in [0.25, 0.3) is 5.89 Å². The minimum absolute atomic E-state index is 0.141. The molecule has 2 aromatic rings. The highest BCUT2D eigenvalue weighted by Gasteiger charge is 2.11. The van der Waals surface area contributed by atoms with E-state index in [0.29, 0.717) is 23.8 Å². The van der Waals surface area contributed by atoms with E-state index in [1.807, 2.05) is 0 Å². The molecule has 0 unspecified atom stereocenters. The van der Waals surface area contributed by atoms with Gasteiger partial charge in [-0.3, -0.25) is 4.79 Å². The van der Waals surface area contributed by atoms with Crippen LogP contribution in [0.5, 0.6) is 0 Å². The van der Waals surface area contributed by atoms with Crippen LogP contribution in [-0.4, -0.2) is 21.1 Å². The molecule has 0 amide bonds. The molecule has 84 valence electrons. The number of aromatic nitrogens is 3. The van der Waals surface area contributed by atoms with Crippen LogP contribution in [0.1, 0.15) is 11.6 Å². The lowest BCUT2D eigenvalue weighted by atomic mass is 10.2. The third-order valence-electron chi connectivity index (χ3n) is 2.06. The Kier molecular flexibility index (Phi) is 3.05. The molecule has 5 nitrogen and oxygen atoms in total. The van der Waals surface area contributed by atoms with Gasteiger partial charge in [-0.1, -0.05) is 0 Å². The Hall–Kier alpha value is -1.62. The number of H-pyrrole nitrogens is 1. The highest BCUT2D eigenvalue weighted by atomic mass is 35.5. The molecule has 6 heteroatoms. The summed E-state index contributed by atoms with van der Waals surface area (Å²) in [4.78, 5) is 14.6. The van der Waals surface area contributed by atoms with Crippen molar-refractivity contribution >= 4 is 11.6 Å². The van der Waals surface area contributed by atoms with Gasteiger partial charge in [0.2, 0.25) is 5.89 Å². The van der Waals surface area contributed by atoms with Crippen LogP contribution in [-0.2, 0) is 6.42 Å². The van der Waals surface area contributed by atoms with E-state index < -0.39 is 0 Å². The van der Waals surface area contributed by atoms with E-state index in [2.05, 4.69) is 15.2 Å². The number of nitrogens with one attached hydrogen (secondary N) is 1. The predicted molar refractivity (Wildman–Crippen MR) is 59.5 cm³/mol. The first-order valence-corrected chi connectivity index (χ1v) is 5.32. The molecular weight excluding hydrogens is 230 g/mol. The van der Waals surface area contributed by atoms with Crippen LogP contribution in [0.25, 0.3) is 11.5 Å². The van der Waals surface area contributed by atoms with E-state index in [9.17, 15) is 4.79 Å². The summed E-state index contributed by atoms with van der Waals surface area (Å²) in [6.07, 6.45) is 2.06. The first kappa shape index (κ1) is 10.9. The van der Waals surface area contributed by atoms with Gasteiger partial charge < -0.3 is 9.40 Å². The van der Waals surface area contributed by atoms with Crippen molar-refractivity contribution in [3.63, 3.8) is 0 Å². The fourth-order valence-corrected chi connectivity index (χ4v) is 1.45. The SMILES string of the molecule is Cc1cc(=O)c(-c2nnc(CCCl)o2)c[nH]1. The molecule has 0 aliphatic rings. The maximum absolute atomic E-state index is 11.6. The van der Waals surface area contributed by atoms with Gasteiger partial charge in [-0.25, -0.2) is 0 Å². The fraction of sp³-hybridized carbons (Fsp3) is 0.300. The number of nitrogens with zero attached hydrogens (tertiary/aromatic N) is 2. The maximum Gasteiger partial charge on any atom is 0.253 e. The van der Waals surface area contributed by atoms with E-state index in [1.54, 1.807) is 13.1 Å². The molecule has 0 spiro atoms. The topological polar surface area (TPSA) is 71.8 Å². The van der Waals surface area contributed by atoms with Crippen LogP contribution >= 0.6 is 11.6 Å². The van der Waals surface area contributed by atoms with Gasteiger partial charge >= 0.3 is 0 Å². The van der Waals surface area contributed by atoms with Crippen LogP contribution in [0, 0.1) is 6.92 Å². The molecule has 1 N–H and O–H groups in total. The highest BCUT2D eigenvalue weighted by Crippen LogP contribution is 2.13. The molecule has 0 aliphatic carbocycles. The Morgan fingerprint density at radius 3 is 3.00 bits per heavy atom. The lowest BCUT2D eigenvalue weighted by Gasteiger charge is -1.95. The summed E-state index contributed by atoms with van der Waals surface area (Å²) in [5.41, 5.74) is 1.02. The average molecular weight is 240 g/mol. The number of halogens is 1. The number of rotatable bonds is 3. The number of aryl methyl sites for hydroxylation is 2. The smallest absolute Gasteiger partial charge is 0.253 e. The summed E-state index contributed by atoms with van der Waals surface area (Å²) >= 11 is 5.55. The summed E-state index contributed by atoms with van der Waals surface area (Å²) in [5.74, 6) is 1.07. The van der Waals surface area contributed by atoms with E-state index in [1.165, 1.54) is 6.07 Å². The van der Waals surface area contributed by atoms with E-state index in [4.69, 9.17) is 16.0 Å². The van der Waals surface area contributed by atoms with Gasteiger partial charge in [0, 0.05) is 30.3 Å². The molecular formula is C10H10ClN3O2. The monoisotopic (exact) mass is 239 g/mol. The average Bonchev–Trinajstić information content (AvgIpc) is 2.67. The van der Waals surface area contributed by atoms with Crippen molar-refractivity contribution in [2.75, 3.05) is 5.88 Å². The number of alkyl halides is 1. The largest absolute Gasteiger partial charge is 0.420 e. The zero-order valence-corrected chi connectivity index (χ0v) is 9.41. The molecule has 2 aromatic heterocycles. The van der Waals surface area contributed by atoms with Crippen LogP contribution in [0.3, 0.4) is 0 Å². The Morgan fingerprint density at radius 2 is 2.31 bits per heavy atom. The van der Waals surface area contributed by atoms with E-state index >= 15 is 0 Å². The summed E-state index contributed by atoms with van der Waals surface area (Å²) in [5, 5.41) is 7.59. The molecule has 0 saturated heterocycles. The third kappa shape index (κ3) is 2.14. The molecule has 0 bridgehead atoms. The van der Waals surface area contributed by atoms with Gasteiger partial charge in [-0.2, -0.15) is 0 Å². The Bertz CT molecular complexity index is 547. The van der Waals surface area contributed by atoms with Gasteiger partial charge in [-0.15, -0.1) is 21.8 Å². The molecule has 0 radical (unpaired) electrons. The molecule has 16 heavy (non-hydrogen) atoms. The van der Waals surface area contributed by atoms with Gasteiger partial charge in [0.05, 0.1) is 0 Å². The lowest BCUT2D eigenvalue weighted by Crippen LogP contribution is -2.05. The van der Waals surface area contributed by atoms with Gasteiger partial charge in [0.1, 0.15) is 5.56 Å². The van der Waals surface area contributed by atoms with Crippen LogP contribution in [0.2, 0.25) is 0 Å². The molecule has 0 saturated carbocycles. The van der Waals surface area contributed by atoms with E-state index in [-0.39, 0.29) is 11.3 Å². The molecule has 0 fully saturated rings. The zero-order chi connectivity index (χ0) is 11.5. The Balaban J connectivity index is 2.39. The molecule has 2 heterocycles. The first-order chi connectivity index (χ1) is 7.70. The minimum Gasteiger partial charge on any atom is -0.420 e. The molecule has 0 aromatic carbocycles. The second-order valence-corrected chi connectivity index (χ2v) is 3.71. The maximum atomic E-state index is 11.6. The van der Waals surface area contributed by atoms with Crippen molar-refractivity contribution in [2.45, 2.75) is 13.3 Å². The molecule has 2 rings (SSSR count). The normalized spacial score (nSPS) is 10.6. The lowest BCUT2D eigenvalue weighted by molar-refractivity contribution is 0.513. The highest BCUT2D eigenvalue weighted by molar-refractivity contribution is 6.17. The summed E-state index contributed by atoms with van der Waals surface area (Å²) in [6, 6.07) is 1.49. The predicted octanol–water partition coefficient (Wildman–Crippen LogP) is 1.51. The fourth-order valence-electron chi connectivity index (χ4n) is 1.28. The Morgan fingerprint density at radius 1 is 1.50 bits per heavy atom. The quantitative estimate of drug-likeness (QED) is 0.825. The van der Waals surface area contributed by atoms with Crippen molar-refractivity contribution in [2.24, 2.45) is 0 Å². The minimum atomic E-state index is -0.141. The molecule has 0 aliphatic heterocycles. The second kappa shape index (κ2) is 4.49. The number of aromatic amines is 1. The van der Waals surface area contributed by atoms with Crippen molar-refractivity contribution in [1.29, 1.82) is 0 Å². The summed E-state index contributed by atoms with van der Waals surface area (Å²) in [6.45, 7) is 1.80. The van der Waals surface area contributed by atoms with Crippen molar-refractivity contribution in [3.8, 4) is 11.5 Å². The second-order valence-electron chi connectivity index (χ2n) is 3.33. The molecule has 0 atom stereocenters. The third-order valence-corrected chi connectivity index (χ3v) is 2.25. The van der Waals surface area contributed by atoms with Crippen LogP contribution < -0.4 is 5.43 Å². The number of hydrogen-bond acceptors (Lipinski definition) is 4. The summed E-state index contributed by atoms with van der Waals surface area (Å²) in [7, 11) is 0.